The van der Waals surface area contributed by atoms with Crippen LogP contribution in [0.1, 0.15) is 25.2 Å². The molecule has 0 radical (unpaired) electrons. The molecule has 2 rings (SSSR count). The lowest BCUT2D eigenvalue weighted by molar-refractivity contribution is -0.212. The summed E-state index contributed by atoms with van der Waals surface area (Å²) in [6.45, 7) is 2.87. The topological polar surface area (TPSA) is 18.5 Å². The molecular formula is C11H14O2. The summed E-state index contributed by atoms with van der Waals surface area (Å²) in [7, 11) is 0. The van der Waals surface area contributed by atoms with Crippen LogP contribution >= 0.6 is 0 Å². The van der Waals surface area contributed by atoms with Crippen LogP contribution in [0.25, 0.3) is 0 Å². The number of rotatable bonds is 1. The molecule has 1 aliphatic rings. The highest BCUT2D eigenvalue weighted by atomic mass is 16.7. The normalized spacial score (nSPS) is 28.7. The highest BCUT2D eigenvalue weighted by Gasteiger charge is 2.20. The molecule has 0 spiro atoms. The summed E-state index contributed by atoms with van der Waals surface area (Å²) < 4.78 is 11.2. The van der Waals surface area contributed by atoms with Crippen molar-refractivity contribution in [2.24, 2.45) is 0 Å². The van der Waals surface area contributed by atoms with Crippen LogP contribution < -0.4 is 0 Å². The van der Waals surface area contributed by atoms with E-state index in [1.807, 2.05) is 30.3 Å². The van der Waals surface area contributed by atoms with E-state index in [9.17, 15) is 0 Å². The van der Waals surface area contributed by atoms with Gasteiger partial charge in [0, 0.05) is 5.56 Å². The Kier molecular flexibility index (Phi) is 2.62. The van der Waals surface area contributed by atoms with Crippen LogP contribution in [-0.2, 0) is 9.47 Å². The summed E-state index contributed by atoms with van der Waals surface area (Å²) in [6.07, 6.45) is 1.13. The van der Waals surface area contributed by atoms with Crippen molar-refractivity contribution in [1.82, 2.24) is 0 Å². The fourth-order valence-electron chi connectivity index (χ4n) is 1.44. The summed E-state index contributed by atoms with van der Waals surface area (Å²) in [5, 5.41) is 0. The molecule has 0 amide bonds. The van der Waals surface area contributed by atoms with E-state index in [4.69, 9.17) is 9.47 Å². The molecule has 1 heterocycles. The van der Waals surface area contributed by atoms with Crippen LogP contribution in [0, 0.1) is 0 Å². The van der Waals surface area contributed by atoms with E-state index in [0.717, 1.165) is 18.6 Å². The molecule has 70 valence electrons. The maximum atomic E-state index is 5.65. The van der Waals surface area contributed by atoms with E-state index < -0.39 is 0 Å². The molecule has 2 atom stereocenters. The average Bonchev–Trinajstić information content (AvgIpc) is 2.19. The SMILES string of the molecule is CC1CCOC(c2ccccc2)O1. The van der Waals surface area contributed by atoms with Gasteiger partial charge in [-0.3, -0.25) is 0 Å². The van der Waals surface area contributed by atoms with Gasteiger partial charge in [0.1, 0.15) is 0 Å². The predicted molar refractivity (Wildman–Crippen MR) is 50.3 cm³/mol. The number of ether oxygens (including phenoxy) is 2. The van der Waals surface area contributed by atoms with Gasteiger partial charge in [-0.15, -0.1) is 0 Å². The monoisotopic (exact) mass is 178 g/mol. The van der Waals surface area contributed by atoms with E-state index in [2.05, 4.69) is 6.92 Å². The molecule has 1 saturated heterocycles. The molecule has 1 aromatic rings. The molecular weight excluding hydrogens is 164 g/mol. The molecule has 0 N–H and O–H groups in total. The van der Waals surface area contributed by atoms with Crippen molar-refractivity contribution in [1.29, 1.82) is 0 Å². The van der Waals surface area contributed by atoms with Gasteiger partial charge in [-0.2, -0.15) is 0 Å². The molecule has 2 unspecified atom stereocenters. The Morgan fingerprint density at radius 2 is 2.00 bits per heavy atom. The lowest BCUT2D eigenvalue weighted by Gasteiger charge is -2.28. The van der Waals surface area contributed by atoms with Crippen molar-refractivity contribution in [3.63, 3.8) is 0 Å². The largest absolute Gasteiger partial charge is 0.348 e. The van der Waals surface area contributed by atoms with Crippen molar-refractivity contribution in [3.8, 4) is 0 Å². The van der Waals surface area contributed by atoms with Crippen LogP contribution in [0.2, 0.25) is 0 Å². The van der Waals surface area contributed by atoms with Gasteiger partial charge in [0.15, 0.2) is 6.29 Å². The van der Waals surface area contributed by atoms with Crippen LogP contribution in [-0.4, -0.2) is 12.7 Å². The highest BCUT2D eigenvalue weighted by Crippen LogP contribution is 2.25. The summed E-state index contributed by atoms with van der Waals surface area (Å²) >= 11 is 0. The zero-order chi connectivity index (χ0) is 9.10. The summed E-state index contributed by atoms with van der Waals surface area (Å²) in [5.41, 5.74) is 1.11. The van der Waals surface area contributed by atoms with Crippen LogP contribution in [0.5, 0.6) is 0 Å². The van der Waals surface area contributed by atoms with Gasteiger partial charge in [0.25, 0.3) is 0 Å². The van der Waals surface area contributed by atoms with Gasteiger partial charge in [-0.25, -0.2) is 0 Å². The highest BCUT2D eigenvalue weighted by molar-refractivity contribution is 5.16. The van der Waals surface area contributed by atoms with Crippen LogP contribution in [0.4, 0.5) is 0 Å². The van der Waals surface area contributed by atoms with Crippen molar-refractivity contribution in [2.45, 2.75) is 25.7 Å². The van der Waals surface area contributed by atoms with Gasteiger partial charge in [-0.05, 0) is 13.3 Å². The minimum Gasteiger partial charge on any atom is -0.348 e. The molecule has 0 aliphatic carbocycles. The Morgan fingerprint density at radius 3 is 2.69 bits per heavy atom. The number of hydrogen-bond acceptors (Lipinski definition) is 2. The second-order valence-corrected chi connectivity index (χ2v) is 3.35. The Bertz CT molecular complexity index is 258. The first-order valence-corrected chi connectivity index (χ1v) is 4.68. The van der Waals surface area contributed by atoms with Crippen molar-refractivity contribution < 1.29 is 9.47 Å². The zero-order valence-electron chi connectivity index (χ0n) is 7.77. The molecule has 1 aliphatic heterocycles. The molecule has 13 heavy (non-hydrogen) atoms. The van der Waals surface area contributed by atoms with Crippen LogP contribution in [0.15, 0.2) is 30.3 Å². The number of hydrogen-bond donors (Lipinski definition) is 0. The van der Waals surface area contributed by atoms with Gasteiger partial charge in [0.05, 0.1) is 12.7 Å². The Morgan fingerprint density at radius 1 is 1.23 bits per heavy atom. The first-order valence-electron chi connectivity index (χ1n) is 4.68. The zero-order valence-corrected chi connectivity index (χ0v) is 7.77. The summed E-state index contributed by atoms with van der Waals surface area (Å²) in [5.74, 6) is 0. The molecule has 2 nitrogen and oxygen atoms in total. The molecule has 1 aromatic carbocycles. The van der Waals surface area contributed by atoms with E-state index in [1.54, 1.807) is 0 Å². The fourth-order valence-corrected chi connectivity index (χ4v) is 1.44. The Hall–Kier alpha value is -0.860. The minimum absolute atomic E-state index is 0.162. The van der Waals surface area contributed by atoms with Gasteiger partial charge in [0.2, 0.25) is 0 Å². The van der Waals surface area contributed by atoms with Crippen molar-refractivity contribution >= 4 is 0 Å². The Labute approximate surface area is 78.5 Å². The van der Waals surface area contributed by atoms with E-state index in [0.29, 0.717) is 6.10 Å². The third kappa shape index (κ3) is 2.08. The third-order valence-corrected chi connectivity index (χ3v) is 2.22. The average molecular weight is 178 g/mol. The molecule has 0 aromatic heterocycles. The maximum absolute atomic E-state index is 5.65. The molecule has 1 fully saturated rings. The smallest absolute Gasteiger partial charge is 0.184 e. The maximum Gasteiger partial charge on any atom is 0.184 e. The summed E-state index contributed by atoms with van der Waals surface area (Å²) in [6, 6.07) is 10.1. The lowest BCUT2D eigenvalue weighted by Crippen LogP contribution is -2.24. The molecule has 0 bridgehead atoms. The van der Waals surface area contributed by atoms with E-state index in [1.165, 1.54) is 0 Å². The predicted octanol–water partition coefficient (Wildman–Crippen LogP) is 2.51. The van der Waals surface area contributed by atoms with E-state index in [-0.39, 0.29) is 6.29 Å². The van der Waals surface area contributed by atoms with Crippen molar-refractivity contribution in [2.75, 3.05) is 6.61 Å². The van der Waals surface area contributed by atoms with Gasteiger partial charge < -0.3 is 9.47 Å². The standard InChI is InChI=1S/C11H14O2/c1-9-7-8-12-11(13-9)10-5-3-2-4-6-10/h2-6,9,11H,7-8H2,1H3. The molecule has 2 heteroatoms. The van der Waals surface area contributed by atoms with Gasteiger partial charge >= 0.3 is 0 Å². The summed E-state index contributed by atoms with van der Waals surface area (Å²) in [4.78, 5) is 0. The second kappa shape index (κ2) is 3.90. The second-order valence-electron chi connectivity index (χ2n) is 3.35. The Balaban J connectivity index is 2.08. The molecule has 0 saturated carbocycles. The minimum atomic E-state index is -0.162. The quantitative estimate of drug-likeness (QED) is 0.657. The first-order chi connectivity index (χ1) is 6.36. The first kappa shape index (κ1) is 8.73. The van der Waals surface area contributed by atoms with E-state index >= 15 is 0 Å². The fraction of sp³-hybridized carbons (Fsp3) is 0.455. The lowest BCUT2D eigenvalue weighted by atomic mass is 10.2. The number of benzene rings is 1. The van der Waals surface area contributed by atoms with Crippen molar-refractivity contribution in [3.05, 3.63) is 35.9 Å². The van der Waals surface area contributed by atoms with Crippen LogP contribution in [0.3, 0.4) is 0 Å². The van der Waals surface area contributed by atoms with Gasteiger partial charge in [-0.1, -0.05) is 30.3 Å². The third-order valence-electron chi connectivity index (χ3n) is 2.22.